The van der Waals surface area contributed by atoms with Crippen LogP contribution in [0, 0.1) is 0 Å². The summed E-state index contributed by atoms with van der Waals surface area (Å²) in [5, 5.41) is 5.59. The standard InChI is InChI=1S/C8H13F3N2O2/c9-8(10,11)5-15-4-7(14)13-6-1-2-12-3-6/h6,12H,1-5H2,(H,13,14)/t6-/m1/s1. The first kappa shape index (κ1) is 12.3. The molecule has 1 rings (SSSR count). The van der Waals surface area contributed by atoms with Gasteiger partial charge in [0.15, 0.2) is 0 Å². The van der Waals surface area contributed by atoms with E-state index in [0.717, 1.165) is 13.0 Å². The highest BCUT2D eigenvalue weighted by Gasteiger charge is 2.28. The quantitative estimate of drug-likeness (QED) is 0.711. The van der Waals surface area contributed by atoms with Crippen molar-refractivity contribution in [1.29, 1.82) is 0 Å². The fourth-order valence-corrected chi connectivity index (χ4v) is 1.31. The number of nitrogens with one attached hydrogen (secondary N) is 2. The number of rotatable bonds is 4. The van der Waals surface area contributed by atoms with E-state index in [9.17, 15) is 18.0 Å². The van der Waals surface area contributed by atoms with Crippen LogP contribution >= 0.6 is 0 Å². The summed E-state index contributed by atoms with van der Waals surface area (Å²) in [4.78, 5) is 11.1. The SMILES string of the molecule is O=C(COCC(F)(F)F)N[C@@H]1CCNC1. The van der Waals surface area contributed by atoms with Crippen LogP contribution in [0.4, 0.5) is 13.2 Å². The third-order valence-electron chi connectivity index (χ3n) is 1.92. The Bertz CT molecular complexity index is 214. The average molecular weight is 226 g/mol. The van der Waals surface area contributed by atoms with Gasteiger partial charge in [-0.25, -0.2) is 0 Å². The van der Waals surface area contributed by atoms with Crippen LogP contribution in [0.25, 0.3) is 0 Å². The molecule has 1 saturated heterocycles. The van der Waals surface area contributed by atoms with E-state index < -0.39 is 25.3 Å². The van der Waals surface area contributed by atoms with Gasteiger partial charge in [0.25, 0.3) is 0 Å². The molecule has 0 aromatic heterocycles. The highest BCUT2D eigenvalue weighted by molar-refractivity contribution is 5.77. The summed E-state index contributed by atoms with van der Waals surface area (Å²) in [7, 11) is 0. The maximum Gasteiger partial charge on any atom is 0.411 e. The zero-order chi connectivity index (χ0) is 11.3. The van der Waals surface area contributed by atoms with E-state index in [2.05, 4.69) is 15.4 Å². The Labute approximate surface area is 85.2 Å². The summed E-state index contributed by atoms with van der Waals surface area (Å²) >= 11 is 0. The van der Waals surface area contributed by atoms with Gasteiger partial charge in [-0.3, -0.25) is 4.79 Å². The molecule has 4 nitrogen and oxygen atoms in total. The molecule has 0 aromatic carbocycles. The minimum Gasteiger partial charge on any atom is -0.362 e. The second kappa shape index (κ2) is 5.32. The van der Waals surface area contributed by atoms with E-state index in [1.165, 1.54) is 0 Å². The third-order valence-corrected chi connectivity index (χ3v) is 1.92. The second-order valence-electron chi connectivity index (χ2n) is 3.37. The molecule has 15 heavy (non-hydrogen) atoms. The van der Waals surface area contributed by atoms with E-state index >= 15 is 0 Å². The molecule has 0 spiro atoms. The van der Waals surface area contributed by atoms with Gasteiger partial charge in [-0.15, -0.1) is 0 Å². The maximum atomic E-state index is 11.6. The molecule has 1 aliphatic rings. The molecule has 0 bridgehead atoms. The molecule has 0 saturated carbocycles. The molecular formula is C8H13F3N2O2. The molecule has 1 fully saturated rings. The van der Waals surface area contributed by atoms with Crippen molar-refractivity contribution < 1.29 is 22.7 Å². The van der Waals surface area contributed by atoms with Gasteiger partial charge in [0.1, 0.15) is 13.2 Å². The number of alkyl halides is 3. The minimum absolute atomic E-state index is 0.00647. The molecule has 88 valence electrons. The van der Waals surface area contributed by atoms with Gasteiger partial charge in [0, 0.05) is 12.6 Å². The summed E-state index contributed by atoms with van der Waals surface area (Å²) in [6.07, 6.45) is -3.58. The number of carbonyl (C=O) groups excluding carboxylic acids is 1. The smallest absolute Gasteiger partial charge is 0.362 e. The Kier molecular flexibility index (Phi) is 4.34. The number of amides is 1. The zero-order valence-corrected chi connectivity index (χ0v) is 8.06. The lowest BCUT2D eigenvalue weighted by atomic mass is 10.2. The van der Waals surface area contributed by atoms with E-state index in [0.29, 0.717) is 6.54 Å². The highest BCUT2D eigenvalue weighted by Crippen LogP contribution is 2.14. The van der Waals surface area contributed by atoms with Gasteiger partial charge in [-0.2, -0.15) is 13.2 Å². The van der Waals surface area contributed by atoms with Crippen molar-refractivity contribution in [3.05, 3.63) is 0 Å². The van der Waals surface area contributed by atoms with E-state index in [1.54, 1.807) is 0 Å². The first-order valence-corrected chi connectivity index (χ1v) is 4.62. The molecular weight excluding hydrogens is 213 g/mol. The predicted octanol–water partition coefficient (Wildman–Crippen LogP) is 0.0434. The first-order chi connectivity index (χ1) is 6.97. The van der Waals surface area contributed by atoms with Gasteiger partial charge >= 0.3 is 6.18 Å². The van der Waals surface area contributed by atoms with Crippen molar-refractivity contribution in [2.75, 3.05) is 26.3 Å². The van der Waals surface area contributed by atoms with Crippen molar-refractivity contribution in [2.45, 2.75) is 18.6 Å². The predicted molar refractivity (Wildman–Crippen MR) is 46.3 cm³/mol. The number of ether oxygens (including phenoxy) is 1. The summed E-state index contributed by atoms with van der Waals surface area (Å²) in [5.74, 6) is -0.507. The average Bonchev–Trinajstić information content (AvgIpc) is 2.54. The monoisotopic (exact) mass is 226 g/mol. The Morgan fingerprint density at radius 2 is 2.27 bits per heavy atom. The Morgan fingerprint density at radius 1 is 1.53 bits per heavy atom. The lowest BCUT2D eigenvalue weighted by molar-refractivity contribution is -0.175. The lowest BCUT2D eigenvalue weighted by Gasteiger charge is -2.12. The largest absolute Gasteiger partial charge is 0.411 e. The van der Waals surface area contributed by atoms with Crippen LogP contribution in [0.3, 0.4) is 0 Å². The van der Waals surface area contributed by atoms with Crippen molar-refractivity contribution in [3.63, 3.8) is 0 Å². The van der Waals surface area contributed by atoms with Crippen LogP contribution < -0.4 is 10.6 Å². The lowest BCUT2D eigenvalue weighted by Crippen LogP contribution is -2.39. The number of hydrogen-bond acceptors (Lipinski definition) is 3. The van der Waals surface area contributed by atoms with Gasteiger partial charge in [0.05, 0.1) is 0 Å². The summed E-state index contributed by atoms with van der Waals surface area (Å²) in [6.45, 7) is -0.460. The molecule has 1 heterocycles. The van der Waals surface area contributed by atoms with Crippen LogP contribution in [-0.2, 0) is 9.53 Å². The third kappa shape index (κ3) is 5.58. The summed E-state index contributed by atoms with van der Waals surface area (Å²) < 4.78 is 39.1. The number of halogens is 3. The topological polar surface area (TPSA) is 50.4 Å². The van der Waals surface area contributed by atoms with Crippen LogP contribution in [0.1, 0.15) is 6.42 Å². The van der Waals surface area contributed by atoms with Crippen LogP contribution in [0.2, 0.25) is 0 Å². The Balaban J connectivity index is 2.08. The van der Waals surface area contributed by atoms with Gasteiger partial charge in [0.2, 0.25) is 5.91 Å². The van der Waals surface area contributed by atoms with Crippen molar-refractivity contribution in [1.82, 2.24) is 10.6 Å². The van der Waals surface area contributed by atoms with Crippen molar-refractivity contribution >= 4 is 5.91 Å². The first-order valence-electron chi connectivity index (χ1n) is 4.62. The van der Waals surface area contributed by atoms with Crippen LogP contribution in [0.5, 0.6) is 0 Å². The highest BCUT2D eigenvalue weighted by atomic mass is 19.4. The molecule has 0 aliphatic carbocycles. The van der Waals surface area contributed by atoms with Crippen molar-refractivity contribution in [3.8, 4) is 0 Å². The minimum atomic E-state index is -4.38. The molecule has 1 aliphatic heterocycles. The van der Waals surface area contributed by atoms with Gasteiger partial charge < -0.3 is 15.4 Å². The molecule has 0 radical (unpaired) electrons. The van der Waals surface area contributed by atoms with E-state index in [-0.39, 0.29) is 6.04 Å². The molecule has 1 amide bonds. The van der Waals surface area contributed by atoms with E-state index in [1.807, 2.05) is 0 Å². The number of carbonyl (C=O) groups is 1. The maximum absolute atomic E-state index is 11.6. The fourth-order valence-electron chi connectivity index (χ4n) is 1.31. The zero-order valence-electron chi connectivity index (χ0n) is 8.06. The van der Waals surface area contributed by atoms with Gasteiger partial charge in [-0.05, 0) is 13.0 Å². The fraction of sp³-hybridized carbons (Fsp3) is 0.875. The second-order valence-corrected chi connectivity index (χ2v) is 3.37. The molecule has 7 heteroatoms. The van der Waals surface area contributed by atoms with Crippen molar-refractivity contribution in [2.24, 2.45) is 0 Å². The summed E-state index contributed by atoms with van der Waals surface area (Å²) in [6, 6.07) is 0.00647. The molecule has 2 N–H and O–H groups in total. The molecule has 0 unspecified atom stereocenters. The Morgan fingerprint density at radius 3 is 2.80 bits per heavy atom. The van der Waals surface area contributed by atoms with Crippen LogP contribution in [0.15, 0.2) is 0 Å². The van der Waals surface area contributed by atoms with Gasteiger partial charge in [-0.1, -0.05) is 0 Å². The molecule has 1 atom stereocenters. The van der Waals surface area contributed by atoms with Crippen LogP contribution in [-0.4, -0.2) is 44.4 Å². The Hall–Kier alpha value is -0.820. The van der Waals surface area contributed by atoms with E-state index in [4.69, 9.17) is 0 Å². The normalized spacial score (nSPS) is 21.7. The summed E-state index contributed by atoms with van der Waals surface area (Å²) in [5.41, 5.74) is 0. The molecule has 0 aromatic rings. The number of hydrogen-bond donors (Lipinski definition) is 2.